The van der Waals surface area contributed by atoms with E-state index in [4.69, 9.17) is 4.52 Å². The molecule has 2 rings (SSSR count). The number of thiophene rings is 1. The molecule has 2 aromatic heterocycles. The summed E-state index contributed by atoms with van der Waals surface area (Å²) in [5, 5.41) is 8.86. The number of aryl methyl sites for hydroxylation is 1. The molecule has 0 saturated heterocycles. The Labute approximate surface area is 86.0 Å². The van der Waals surface area contributed by atoms with Crippen LogP contribution in [-0.2, 0) is 6.54 Å². The molecule has 0 aliphatic heterocycles. The number of aromatic nitrogens is 2. The maximum atomic E-state index is 5.15. The van der Waals surface area contributed by atoms with Gasteiger partial charge in [-0.25, -0.2) is 0 Å². The average molecular weight is 209 g/mol. The molecule has 1 N–H and O–H groups in total. The quantitative estimate of drug-likeness (QED) is 0.837. The fourth-order valence-corrected chi connectivity index (χ4v) is 2.01. The Balaban J connectivity index is 2.29. The normalized spacial score (nSPS) is 10.7. The highest BCUT2D eigenvalue weighted by Gasteiger charge is 2.11. The molecule has 0 radical (unpaired) electrons. The molecule has 0 saturated carbocycles. The van der Waals surface area contributed by atoms with Crippen molar-refractivity contribution in [1.82, 2.24) is 15.5 Å². The zero-order valence-electron chi connectivity index (χ0n) is 8.07. The molecular weight excluding hydrogens is 198 g/mol. The summed E-state index contributed by atoms with van der Waals surface area (Å²) in [7, 11) is 1.85. The van der Waals surface area contributed by atoms with E-state index in [1.165, 1.54) is 5.56 Å². The molecule has 0 atom stereocenters. The van der Waals surface area contributed by atoms with Crippen LogP contribution in [-0.4, -0.2) is 17.2 Å². The molecule has 0 aliphatic rings. The molecule has 4 nitrogen and oxygen atoms in total. The van der Waals surface area contributed by atoms with Gasteiger partial charge in [0.2, 0.25) is 0 Å². The molecule has 0 bridgehead atoms. The zero-order chi connectivity index (χ0) is 9.97. The Bertz CT molecular complexity index is 421. The lowest BCUT2D eigenvalue weighted by molar-refractivity contribution is 0.421. The third kappa shape index (κ3) is 1.69. The number of hydrogen-bond acceptors (Lipinski definition) is 5. The monoisotopic (exact) mass is 209 g/mol. The van der Waals surface area contributed by atoms with Crippen LogP contribution in [0.3, 0.4) is 0 Å². The largest absolute Gasteiger partial charge is 0.333 e. The molecule has 0 unspecified atom stereocenters. The molecule has 0 spiro atoms. The Hall–Kier alpha value is -1.20. The summed E-state index contributed by atoms with van der Waals surface area (Å²) >= 11 is 1.62. The van der Waals surface area contributed by atoms with Gasteiger partial charge in [0.05, 0.1) is 11.4 Å². The first-order chi connectivity index (χ1) is 6.81. The van der Waals surface area contributed by atoms with Crippen molar-refractivity contribution in [3.8, 4) is 10.8 Å². The van der Waals surface area contributed by atoms with Gasteiger partial charge in [-0.05, 0) is 31.0 Å². The molecule has 74 valence electrons. The predicted molar refractivity (Wildman–Crippen MR) is 55.1 cm³/mol. The molecule has 0 aromatic carbocycles. The van der Waals surface area contributed by atoms with E-state index in [0.717, 1.165) is 4.88 Å². The molecule has 0 fully saturated rings. The van der Waals surface area contributed by atoms with Crippen LogP contribution in [0.2, 0.25) is 0 Å². The summed E-state index contributed by atoms with van der Waals surface area (Å²) in [6.07, 6.45) is 0. The second kappa shape index (κ2) is 3.89. The molecule has 2 aromatic rings. The van der Waals surface area contributed by atoms with E-state index in [9.17, 15) is 0 Å². The van der Waals surface area contributed by atoms with Crippen LogP contribution in [0, 0.1) is 6.92 Å². The Kier molecular flexibility index (Phi) is 2.60. The topological polar surface area (TPSA) is 51.0 Å². The molecule has 0 amide bonds. The molecule has 0 aliphatic carbocycles. The van der Waals surface area contributed by atoms with Gasteiger partial charge < -0.3 is 9.84 Å². The fraction of sp³-hybridized carbons (Fsp3) is 0.333. The van der Waals surface area contributed by atoms with E-state index < -0.39 is 0 Å². The molecule has 2 heterocycles. The first-order valence-corrected chi connectivity index (χ1v) is 5.21. The highest BCUT2D eigenvalue weighted by molar-refractivity contribution is 7.13. The Morgan fingerprint density at radius 1 is 1.57 bits per heavy atom. The second-order valence-electron chi connectivity index (χ2n) is 2.98. The van der Waals surface area contributed by atoms with Gasteiger partial charge in [0.1, 0.15) is 0 Å². The van der Waals surface area contributed by atoms with E-state index in [1.54, 1.807) is 11.3 Å². The first kappa shape index (κ1) is 9.36. The van der Waals surface area contributed by atoms with E-state index in [2.05, 4.69) is 15.5 Å². The van der Waals surface area contributed by atoms with Gasteiger partial charge in [0, 0.05) is 0 Å². The van der Waals surface area contributed by atoms with Gasteiger partial charge in [-0.1, -0.05) is 5.16 Å². The van der Waals surface area contributed by atoms with Crippen LogP contribution in [0.25, 0.3) is 10.8 Å². The number of rotatable bonds is 3. The van der Waals surface area contributed by atoms with Crippen LogP contribution in [0.1, 0.15) is 11.4 Å². The maximum Gasteiger partial charge on any atom is 0.268 e. The SMILES string of the molecule is CNCc1noc(-c2sccc2C)n1. The highest BCUT2D eigenvalue weighted by Crippen LogP contribution is 2.27. The van der Waals surface area contributed by atoms with Crippen LogP contribution in [0.15, 0.2) is 16.0 Å². The van der Waals surface area contributed by atoms with Crippen molar-refractivity contribution in [2.75, 3.05) is 7.05 Å². The minimum absolute atomic E-state index is 0.614. The van der Waals surface area contributed by atoms with Crippen LogP contribution in [0.4, 0.5) is 0 Å². The molecule has 14 heavy (non-hydrogen) atoms. The van der Waals surface area contributed by atoms with Crippen molar-refractivity contribution in [3.63, 3.8) is 0 Å². The summed E-state index contributed by atoms with van der Waals surface area (Å²) < 4.78 is 5.15. The van der Waals surface area contributed by atoms with Crippen LogP contribution >= 0.6 is 11.3 Å². The lowest BCUT2D eigenvalue weighted by Gasteiger charge is -1.89. The van der Waals surface area contributed by atoms with Crippen LogP contribution < -0.4 is 5.32 Å². The third-order valence-electron chi connectivity index (χ3n) is 1.86. The van der Waals surface area contributed by atoms with Gasteiger partial charge in [-0.15, -0.1) is 11.3 Å². The minimum atomic E-state index is 0.614. The van der Waals surface area contributed by atoms with Gasteiger partial charge in [-0.3, -0.25) is 0 Å². The smallest absolute Gasteiger partial charge is 0.268 e. The van der Waals surface area contributed by atoms with Gasteiger partial charge in [0.15, 0.2) is 5.82 Å². The lowest BCUT2D eigenvalue weighted by atomic mass is 10.3. The minimum Gasteiger partial charge on any atom is -0.333 e. The highest BCUT2D eigenvalue weighted by atomic mass is 32.1. The van der Waals surface area contributed by atoms with E-state index in [0.29, 0.717) is 18.3 Å². The summed E-state index contributed by atoms with van der Waals surface area (Å²) in [6.45, 7) is 2.67. The Morgan fingerprint density at radius 2 is 2.43 bits per heavy atom. The lowest BCUT2D eigenvalue weighted by Crippen LogP contribution is -2.06. The fourth-order valence-electron chi connectivity index (χ4n) is 1.17. The summed E-state index contributed by atoms with van der Waals surface area (Å²) in [4.78, 5) is 5.33. The van der Waals surface area contributed by atoms with E-state index in [-0.39, 0.29) is 0 Å². The van der Waals surface area contributed by atoms with Crippen molar-refractivity contribution in [2.45, 2.75) is 13.5 Å². The number of nitrogens with zero attached hydrogens (tertiary/aromatic N) is 2. The maximum absolute atomic E-state index is 5.15. The molecule has 5 heteroatoms. The predicted octanol–water partition coefficient (Wildman–Crippen LogP) is 1.83. The summed E-state index contributed by atoms with van der Waals surface area (Å²) in [6, 6.07) is 2.04. The Morgan fingerprint density at radius 3 is 3.07 bits per heavy atom. The standard InChI is InChI=1S/C9H11N3OS/c1-6-3-4-14-8(6)9-11-7(5-10-2)12-13-9/h3-4,10H,5H2,1-2H3. The van der Waals surface area contributed by atoms with Crippen molar-refractivity contribution >= 4 is 11.3 Å². The van der Waals surface area contributed by atoms with Crippen molar-refractivity contribution in [3.05, 3.63) is 22.8 Å². The summed E-state index contributed by atoms with van der Waals surface area (Å²) in [5.74, 6) is 1.30. The zero-order valence-corrected chi connectivity index (χ0v) is 8.89. The van der Waals surface area contributed by atoms with Crippen LogP contribution in [0.5, 0.6) is 0 Å². The number of nitrogens with one attached hydrogen (secondary N) is 1. The van der Waals surface area contributed by atoms with Crippen molar-refractivity contribution in [2.24, 2.45) is 0 Å². The van der Waals surface area contributed by atoms with Gasteiger partial charge in [-0.2, -0.15) is 4.98 Å². The van der Waals surface area contributed by atoms with E-state index in [1.807, 2.05) is 25.4 Å². The van der Waals surface area contributed by atoms with Crippen molar-refractivity contribution in [1.29, 1.82) is 0 Å². The third-order valence-corrected chi connectivity index (χ3v) is 2.86. The molecular formula is C9H11N3OS. The van der Waals surface area contributed by atoms with Gasteiger partial charge in [0.25, 0.3) is 5.89 Å². The second-order valence-corrected chi connectivity index (χ2v) is 3.89. The average Bonchev–Trinajstić information content (AvgIpc) is 2.74. The van der Waals surface area contributed by atoms with Crippen molar-refractivity contribution < 1.29 is 4.52 Å². The summed E-state index contributed by atoms with van der Waals surface area (Å²) in [5.41, 5.74) is 1.18. The first-order valence-electron chi connectivity index (χ1n) is 4.33. The van der Waals surface area contributed by atoms with E-state index >= 15 is 0 Å². The number of hydrogen-bond donors (Lipinski definition) is 1. The van der Waals surface area contributed by atoms with Gasteiger partial charge >= 0.3 is 0 Å².